The van der Waals surface area contributed by atoms with Crippen molar-refractivity contribution >= 4 is 0 Å². The van der Waals surface area contributed by atoms with E-state index in [-0.39, 0.29) is 6.04 Å². The predicted molar refractivity (Wildman–Crippen MR) is 87.1 cm³/mol. The molecule has 0 aliphatic rings. The topological polar surface area (TPSA) is 35.2 Å². The molecule has 2 nitrogen and oxygen atoms in total. The standard InChI is InChI=1S/C18H31NO/c1-3-4-5-6-7-8-9-10-15-20-18-13-11-17(12-14-18)16(2)19/h11-14,16H,3-10,15,19H2,1-2H3/t16-/m0/s1. The summed E-state index contributed by atoms with van der Waals surface area (Å²) in [6, 6.07) is 8.23. The van der Waals surface area contributed by atoms with Crippen molar-refractivity contribution in [3.05, 3.63) is 29.8 Å². The van der Waals surface area contributed by atoms with Crippen LogP contribution in [0.3, 0.4) is 0 Å². The summed E-state index contributed by atoms with van der Waals surface area (Å²) >= 11 is 0. The number of nitrogens with two attached hydrogens (primary N) is 1. The van der Waals surface area contributed by atoms with Gasteiger partial charge in [-0.15, -0.1) is 0 Å². The Morgan fingerprint density at radius 1 is 0.900 bits per heavy atom. The van der Waals surface area contributed by atoms with Gasteiger partial charge in [0.15, 0.2) is 0 Å². The Balaban J connectivity index is 2.01. The smallest absolute Gasteiger partial charge is 0.119 e. The molecule has 0 radical (unpaired) electrons. The maximum atomic E-state index is 5.82. The van der Waals surface area contributed by atoms with E-state index in [1.54, 1.807) is 0 Å². The Morgan fingerprint density at radius 3 is 2.00 bits per heavy atom. The molecule has 114 valence electrons. The summed E-state index contributed by atoms with van der Waals surface area (Å²) in [7, 11) is 0. The van der Waals surface area contributed by atoms with Crippen LogP contribution in [0.2, 0.25) is 0 Å². The molecule has 20 heavy (non-hydrogen) atoms. The Labute approximate surface area is 124 Å². The third kappa shape index (κ3) is 7.54. The summed E-state index contributed by atoms with van der Waals surface area (Å²) < 4.78 is 5.75. The molecule has 2 heteroatoms. The molecule has 0 saturated carbocycles. The van der Waals surface area contributed by atoms with Crippen LogP contribution in [0.4, 0.5) is 0 Å². The lowest BCUT2D eigenvalue weighted by Gasteiger charge is -2.09. The fraction of sp³-hybridized carbons (Fsp3) is 0.667. The first-order chi connectivity index (χ1) is 9.74. The predicted octanol–water partition coefficient (Wildman–Crippen LogP) is 5.23. The minimum Gasteiger partial charge on any atom is -0.494 e. The zero-order valence-electron chi connectivity index (χ0n) is 13.2. The van der Waals surface area contributed by atoms with Crippen molar-refractivity contribution in [2.75, 3.05) is 6.61 Å². The molecule has 0 spiro atoms. The second kappa shape index (κ2) is 10.7. The van der Waals surface area contributed by atoms with Crippen LogP contribution in [0, 0.1) is 0 Å². The highest BCUT2D eigenvalue weighted by molar-refractivity contribution is 5.28. The first-order valence-corrected chi connectivity index (χ1v) is 8.22. The molecule has 1 rings (SSSR count). The van der Waals surface area contributed by atoms with E-state index in [9.17, 15) is 0 Å². The van der Waals surface area contributed by atoms with Crippen LogP contribution in [-0.4, -0.2) is 6.61 Å². The van der Waals surface area contributed by atoms with Crippen LogP contribution < -0.4 is 10.5 Å². The van der Waals surface area contributed by atoms with Gasteiger partial charge in [-0.3, -0.25) is 0 Å². The van der Waals surface area contributed by atoms with E-state index in [0.717, 1.165) is 24.3 Å². The van der Waals surface area contributed by atoms with Crippen molar-refractivity contribution in [1.82, 2.24) is 0 Å². The van der Waals surface area contributed by atoms with Crippen molar-refractivity contribution in [3.8, 4) is 5.75 Å². The van der Waals surface area contributed by atoms with Gasteiger partial charge in [0, 0.05) is 6.04 Å². The third-order valence-electron chi connectivity index (χ3n) is 3.67. The van der Waals surface area contributed by atoms with Crippen LogP contribution in [0.5, 0.6) is 5.75 Å². The summed E-state index contributed by atoms with van der Waals surface area (Å²) in [6.45, 7) is 5.08. The van der Waals surface area contributed by atoms with Gasteiger partial charge in [0.05, 0.1) is 6.61 Å². The van der Waals surface area contributed by atoms with E-state index >= 15 is 0 Å². The molecule has 0 aliphatic heterocycles. The molecule has 1 aromatic rings. The maximum absolute atomic E-state index is 5.82. The molecule has 0 heterocycles. The second-order valence-electron chi connectivity index (χ2n) is 5.68. The third-order valence-corrected chi connectivity index (χ3v) is 3.67. The molecule has 2 N–H and O–H groups in total. The summed E-state index contributed by atoms with van der Waals surface area (Å²) in [6.07, 6.45) is 10.7. The molecule has 0 bridgehead atoms. The van der Waals surface area contributed by atoms with Crippen molar-refractivity contribution in [3.63, 3.8) is 0 Å². The molecule has 0 aliphatic carbocycles. The van der Waals surface area contributed by atoms with E-state index in [1.165, 1.54) is 44.9 Å². The van der Waals surface area contributed by atoms with Crippen molar-refractivity contribution in [1.29, 1.82) is 0 Å². The number of hydrogen-bond acceptors (Lipinski definition) is 2. The Morgan fingerprint density at radius 2 is 1.45 bits per heavy atom. The number of ether oxygens (including phenoxy) is 1. The van der Waals surface area contributed by atoms with Gasteiger partial charge in [0.2, 0.25) is 0 Å². The Bertz CT molecular complexity index is 332. The fourth-order valence-corrected chi connectivity index (χ4v) is 2.29. The number of benzene rings is 1. The van der Waals surface area contributed by atoms with Gasteiger partial charge in [-0.25, -0.2) is 0 Å². The first kappa shape index (κ1) is 17.0. The fourth-order valence-electron chi connectivity index (χ4n) is 2.29. The highest BCUT2D eigenvalue weighted by Gasteiger charge is 1.99. The largest absolute Gasteiger partial charge is 0.494 e. The van der Waals surface area contributed by atoms with E-state index in [4.69, 9.17) is 10.5 Å². The summed E-state index contributed by atoms with van der Waals surface area (Å²) in [5.41, 5.74) is 6.98. The highest BCUT2D eigenvalue weighted by atomic mass is 16.5. The van der Waals surface area contributed by atoms with Crippen LogP contribution in [0.1, 0.15) is 76.8 Å². The average Bonchev–Trinajstić information content (AvgIpc) is 2.46. The minimum absolute atomic E-state index is 0.0942. The highest BCUT2D eigenvalue weighted by Crippen LogP contribution is 2.16. The van der Waals surface area contributed by atoms with Gasteiger partial charge in [0.25, 0.3) is 0 Å². The summed E-state index contributed by atoms with van der Waals surface area (Å²) in [5.74, 6) is 0.956. The first-order valence-electron chi connectivity index (χ1n) is 8.22. The SMILES string of the molecule is CCCCCCCCCCOc1ccc([C@H](C)N)cc1. The van der Waals surface area contributed by atoms with Gasteiger partial charge in [-0.05, 0) is 31.0 Å². The lowest BCUT2D eigenvalue weighted by molar-refractivity contribution is 0.304. The average molecular weight is 277 g/mol. The minimum atomic E-state index is 0.0942. The molecule has 0 aromatic heterocycles. The lowest BCUT2D eigenvalue weighted by atomic mass is 10.1. The van der Waals surface area contributed by atoms with E-state index in [1.807, 2.05) is 31.2 Å². The number of unbranched alkanes of at least 4 members (excludes halogenated alkanes) is 7. The normalized spacial score (nSPS) is 12.3. The molecule has 0 saturated heterocycles. The van der Waals surface area contributed by atoms with Crippen molar-refractivity contribution < 1.29 is 4.74 Å². The van der Waals surface area contributed by atoms with Gasteiger partial charge in [0.1, 0.15) is 5.75 Å². The molecule has 0 fully saturated rings. The van der Waals surface area contributed by atoms with E-state index < -0.39 is 0 Å². The van der Waals surface area contributed by atoms with E-state index in [0.29, 0.717) is 0 Å². The Kier molecular flexibility index (Phi) is 9.14. The van der Waals surface area contributed by atoms with Crippen LogP contribution in [-0.2, 0) is 0 Å². The lowest BCUT2D eigenvalue weighted by Crippen LogP contribution is -2.04. The number of rotatable bonds is 11. The van der Waals surface area contributed by atoms with Crippen molar-refractivity contribution in [2.45, 2.75) is 71.3 Å². The molecule has 1 aromatic carbocycles. The van der Waals surface area contributed by atoms with Crippen molar-refractivity contribution in [2.24, 2.45) is 5.73 Å². The van der Waals surface area contributed by atoms with Crippen LogP contribution >= 0.6 is 0 Å². The molecule has 0 amide bonds. The monoisotopic (exact) mass is 277 g/mol. The zero-order chi connectivity index (χ0) is 14.6. The second-order valence-corrected chi connectivity index (χ2v) is 5.68. The van der Waals surface area contributed by atoms with Gasteiger partial charge >= 0.3 is 0 Å². The maximum Gasteiger partial charge on any atom is 0.119 e. The van der Waals surface area contributed by atoms with Gasteiger partial charge in [-0.1, -0.05) is 64.0 Å². The molecular formula is C18H31NO. The van der Waals surface area contributed by atoms with E-state index in [2.05, 4.69) is 6.92 Å². The summed E-state index contributed by atoms with van der Waals surface area (Å²) in [5, 5.41) is 0. The Hall–Kier alpha value is -1.02. The van der Waals surface area contributed by atoms with Crippen LogP contribution in [0.15, 0.2) is 24.3 Å². The zero-order valence-corrected chi connectivity index (χ0v) is 13.2. The van der Waals surface area contributed by atoms with Crippen LogP contribution in [0.25, 0.3) is 0 Å². The summed E-state index contributed by atoms with van der Waals surface area (Å²) in [4.78, 5) is 0. The molecule has 1 atom stereocenters. The van der Waals surface area contributed by atoms with Gasteiger partial charge in [-0.2, -0.15) is 0 Å². The van der Waals surface area contributed by atoms with Gasteiger partial charge < -0.3 is 10.5 Å². The quantitative estimate of drug-likeness (QED) is 0.562. The molecule has 0 unspecified atom stereocenters. The number of hydrogen-bond donors (Lipinski definition) is 1. The molecular weight excluding hydrogens is 246 g/mol.